The minimum absolute atomic E-state index is 0.115. The van der Waals surface area contributed by atoms with Gasteiger partial charge in [0.05, 0.1) is 26.4 Å². The smallest absolute Gasteiger partial charge is 0.251 e. The van der Waals surface area contributed by atoms with Crippen molar-refractivity contribution in [3.8, 4) is 11.5 Å². The number of fused-ring (bicyclic) bond motifs is 1. The molecule has 0 aliphatic carbocycles. The Kier molecular flexibility index (Phi) is 11.5. The van der Waals surface area contributed by atoms with Gasteiger partial charge in [0.2, 0.25) is 24.6 Å². The Morgan fingerprint density at radius 2 is 1.30 bits per heavy atom. The zero-order valence-electron chi connectivity index (χ0n) is 24.5. The maximum Gasteiger partial charge on any atom is 0.251 e. The lowest BCUT2D eigenvalue weighted by Crippen LogP contribution is -2.27. The number of nitrogens with one attached hydrogen (secondary N) is 4. The van der Waals surface area contributed by atoms with E-state index < -0.39 is 0 Å². The van der Waals surface area contributed by atoms with Crippen molar-refractivity contribution in [1.29, 1.82) is 0 Å². The molecule has 1 aliphatic rings. The first kappa shape index (κ1) is 30.5. The summed E-state index contributed by atoms with van der Waals surface area (Å²) in [5.41, 5.74) is 2.87. The average molecular weight is 600 g/mol. The molecule has 3 aromatic carbocycles. The van der Waals surface area contributed by atoms with Crippen LogP contribution in [0, 0.1) is 0 Å². The number of anilines is 3. The molecular formula is C32H37N7O5. The van der Waals surface area contributed by atoms with Crippen molar-refractivity contribution in [3.63, 3.8) is 0 Å². The van der Waals surface area contributed by atoms with Gasteiger partial charge in [0.1, 0.15) is 0 Å². The van der Waals surface area contributed by atoms with Crippen molar-refractivity contribution in [2.24, 2.45) is 0 Å². The molecule has 1 aromatic heterocycles. The van der Waals surface area contributed by atoms with E-state index in [1.54, 1.807) is 12.1 Å². The van der Waals surface area contributed by atoms with Crippen LogP contribution in [0.5, 0.6) is 11.5 Å². The van der Waals surface area contributed by atoms with Crippen LogP contribution in [-0.2, 0) is 22.4 Å². The maximum atomic E-state index is 12.0. The predicted molar refractivity (Wildman–Crippen MR) is 167 cm³/mol. The molecule has 4 aromatic rings. The fourth-order valence-corrected chi connectivity index (χ4v) is 4.29. The largest absolute Gasteiger partial charge is 0.454 e. The van der Waals surface area contributed by atoms with Crippen LogP contribution in [0.15, 0.2) is 78.9 Å². The molecule has 0 saturated carbocycles. The minimum Gasteiger partial charge on any atom is -0.454 e. The van der Waals surface area contributed by atoms with E-state index in [-0.39, 0.29) is 12.7 Å². The van der Waals surface area contributed by atoms with Crippen LogP contribution in [-0.4, -0.2) is 73.7 Å². The first-order chi connectivity index (χ1) is 21.7. The topological polar surface area (TPSA) is 141 Å². The van der Waals surface area contributed by atoms with E-state index in [1.165, 1.54) is 5.56 Å². The lowest BCUT2D eigenvalue weighted by Gasteiger charge is -2.12. The number of ether oxygens (including phenoxy) is 4. The summed E-state index contributed by atoms with van der Waals surface area (Å²) in [6, 6.07) is 25.1. The van der Waals surface area contributed by atoms with Crippen molar-refractivity contribution in [3.05, 3.63) is 95.6 Å². The van der Waals surface area contributed by atoms with Gasteiger partial charge in [-0.1, -0.05) is 54.6 Å². The van der Waals surface area contributed by atoms with E-state index in [9.17, 15) is 4.79 Å². The minimum atomic E-state index is -0.115. The summed E-state index contributed by atoms with van der Waals surface area (Å²) >= 11 is 0. The Hall–Kier alpha value is -4.94. The van der Waals surface area contributed by atoms with Gasteiger partial charge in [0, 0.05) is 31.7 Å². The molecule has 0 bridgehead atoms. The Morgan fingerprint density at radius 3 is 2.05 bits per heavy atom. The lowest BCUT2D eigenvalue weighted by atomic mass is 10.1. The Balaban J connectivity index is 1.04. The molecule has 44 heavy (non-hydrogen) atoms. The molecule has 1 aliphatic heterocycles. The highest BCUT2D eigenvalue weighted by atomic mass is 16.7. The third kappa shape index (κ3) is 9.82. The molecular weight excluding hydrogens is 562 g/mol. The van der Waals surface area contributed by atoms with Gasteiger partial charge in [-0.15, -0.1) is 0 Å². The third-order valence-corrected chi connectivity index (χ3v) is 6.53. The van der Waals surface area contributed by atoms with Crippen LogP contribution in [0.25, 0.3) is 0 Å². The Bertz CT molecular complexity index is 1460. The standard InChI is InChI=1S/C32H37N7O5/c40-29(26-9-5-2-6-10-26)33-15-17-41-19-20-42-18-16-35-31-37-30(34-14-13-24-7-3-1-4-8-24)38-32(39-31)36-22-25-11-12-27-28(21-25)44-23-43-27/h1-12,21H,13-20,22-23H2,(H,33,40)(H3,34,35,36,37,38,39). The molecule has 12 heteroatoms. The highest BCUT2D eigenvalue weighted by molar-refractivity contribution is 5.94. The number of benzene rings is 3. The predicted octanol–water partition coefficient (Wildman–Crippen LogP) is 3.74. The summed E-state index contributed by atoms with van der Waals surface area (Å²) in [4.78, 5) is 25.7. The maximum absolute atomic E-state index is 12.0. The molecule has 230 valence electrons. The third-order valence-electron chi connectivity index (χ3n) is 6.53. The second kappa shape index (κ2) is 16.6. The Morgan fingerprint density at radius 1 is 0.659 bits per heavy atom. The van der Waals surface area contributed by atoms with Gasteiger partial charge in [-0.3, -0.25) is 4.79 Å². The van der Waals surface area contributed by atoms with E-state index in [0.29, 0.717) is 76.0 Å². The summed E-state index contributed by atoms with van der Waals surface area (Å²) in [6.45, 7) is 4.05. The zero-order chi connectivity index (χ0) is 30.2. The molecule has 0 atom stereocenters. The second-order valence-electron chi connectivity index (χ2n) is 9.78. The molecule has 0 radical (unpaired) electrons. The molecule has 5 rings (SSSR count). The summed E-state index contributed by atoms with van der Waals surface area (Å²) in [5.74, 6) is 2.70. The van der Waals surface area contributed by atoms with Crippen LogP contribution >= 0.6 is 0 Å². The van der Waals surface area contributed by atoms with Crippen LogP contribution in [0.3, 0.4) is 0 Å². The molecule has 2 heterocycles. The molecule has 0 fully saturated rings. The molecule has 0 unspecified atom stereocenters. The van der Waals surface area contributed by atoms with E-state index in [0.717, 1.165) is 23.5 Å². The summed E-state index contributed by atoms with van der Waals surface area (Å²) in [7, 11) is 0. The molecule has 0 saturated heterocycles. The number of amides is 1. The van der Waals surface area contributed by atoms with Crippen molar-refractivity contribution < 1.29 is 23.7 Å². The molecule has 4 N–H and O–H groups in total. The molecule has 1 amide bonds. The molecule has 12 nitrogen and oxygen atoms in total. The highest BCUT2D eigenvalue weighted by Gasteiger charge is 2.14. The number of rotatable bonds is 18. The van der Waals surface area contributed by atoms with Gasteiger partial charge in [-0.25, -0.2) is 0 Å². The Labute approximate surface area is 256 Å². The van der Waals surface area contributed by atoms with Gasteiger partial charge in [-0.2, -0.15) is 15.0 Å². The first-order valence-electron chi connectivity index (χ1n) is 14.6. The van der Waals surface area contributed by atoms with Crippen molar-refractivity contribution in [1.82, 2.24) is 20.3 Å². The average Bonchev–Trinajstić information content (AvgIpc) is 3.54. The zero-order valence-corrected chi connectivity index (χ0v) is 24.5. The lowest BCUT2D eigenvalue weighted by molar-refractivity contribution is 0.0519. The molecule has 0 spiro atoms. The fourth-order valence-electron chi connectivity index (χ4n) is 4.29. The second-order valence-corrected chi connectivity index (χ2v) is 9.78. The van der Waals surface area contributed by atoms with E-state index >= 15 is 0 Å². The van der Waals surface area contributed by atoms with Crippen molar-refractivity contribution in [2.45, 2.75) is 13.0 Å². The van der Waals surface area contributed by atoms with Gasteiger partial charge >= 0.3 is 0 Å². The summed E-state index contributed by atoms with van der Waals surface area (Å²) in [5, 5.41) is 12.6. The monoisotopic (exact) mass is 599 g/mol. The quantitative estimate of drug-likeness (QED) is 0.124. The number of carbonyl (C=O) groups is 1. The number of carbonyl (C=O) groups excluding carboxylic acids is 1. The van der Waals surface area contributed by atoms with Crippen LogP contribution < -0.4 is 30.7 Å². The first-order valence-corrected chi connectivity index (χ1v) is 14.6. The van der Waals surface area contributed by atoms with Gasteiger partial charge < -0.3 is 40.2 Å². The number of aromatic nitrogens is 3. The number of nitrogens with zero attached hydrogens (tertiary/aromatic N) is 3. The normalized spacial score (nSPS) is 11.6. The number of hydrogen-bond donors (Lipinski definition) is 4. The van der Waals surface area contributed by atoms with Crippen LogP contribution in [0.2, 0.25) is 0 Å². The van der Waals surface area contributed by atoms with Gasteiger partial charge in [0.25, 0.3) is 5.91 Å². The fraction of sp³-hybridized carbons (Fsp3) is 0.312. The summed E-state index contributed by atoms with van der Waals surface area (Å²) < 4.78 is 22.1. The van der Waals surface area contributed by atoms with Crippen molar-refractivity contribution in [2.75, 3.05) is 68.8 Å². The van der Waals surface area contributed by atoms with E-state index in [1.807, 2.05) is 54.6 Å². The highest BCUT2D eigenvalue weighted by Crippen LogP contribution is 2.32. The van der Waals surface area contributed by atoms with Crippen LogP contribution in [0.1, 0.15) is 21.5 Å². The number of hydrogen-bond acceptors (Lipinski definition) is 11. The van der Waals surface area contributed by atoms with Crippen molar-refractivity contribution >= 4 is 23.8 Å². The SMILES string of the molecule is O=C(NCCOCCOCCNc1nc(NCCc2ccccc2)nc(NCc2ccc3c(c2)OCO3)n1)c1ccccc1. The van der Waals surface area contributed by atoms with Gasteiger partial charge in [0.15, 0.2) is 11.5 Å². The van der Waals surface area contributed by atoms with Crippen LogP contribution in [0.4, 0.5) is 17.8 Å². The van der Waals surface area contributed by atoms with E-state index in [2.05, 4.69) is 48.4 Å². The van der Waals surface area contributed by atoms with Gasteiger partial charge in [-0.05, 0) is 41.8 Å². The summed E-state index contributed by atoms with van der Waals surface area (Å²) in [6.07, 6.45) is 0.838. The van der Waals surface area contributed by atoms with E-state index in [4.69, 9.17) is 18.9 Å².